The molecule has 0 amide bonds. The number of halogens is 2. The number of benzene rings is 1. The fourth-order valence-electron chi connectivity index (χ4n) is 1.34. The standard InChI is InChI=1S/C11H8Cl2N2/c12-10-4-3-7(14)6-9(10)8-2-1-5-15-11(8)13/h1-6H,14H2. The summed E-state index contributed by atoms with van der Waals surface area (Å²) >= 11 is 12.0. The van der Waals surface area contributed by atoms with Gasteiger partial charge >= 0.3 is 0 Å². The van der Waals surface area contributed by atoms with Crippen molar-refractivity contribution in [3.8, 4) is 11.1 Å². The van der Waals surface area contributed by atoms with Gasteiger partial charge in [0, 0.05) is 28.0 Å². The normalized spacial score (nSPS) is 10.3. The van der Waals surface area contributed by atoms with Gasteiger partial charge in [-0.05, 0) is 30.3 Å². The van der Waals surface area contributed by atoms with Crippen LogP contribution in [0.3, 0.4) is 0 Å². The van der Waals surface area contributed by atoms with Gasteiger partial charge in [0.2, 0.25) is 0 Å². The first-order chi connectivity index (χ1) is 7.18. The summed E-state index contributed by atoms with van der Waals surface area (Å²) in [5, 5.41) is 1.03. The largest absolute Gasteiger partial charge is 0.399 e. The molecule has 2 aromatic rings. The zero-order valence-corrected chi connectivity index (χ0v) is 9.26. The highest BCUT2D eigenvalue weighted by atomic mass is 35.5. The third kappa shape index (κ3) is 2.06. The maximum atomic E-state index is 6.06. The minimum atomic E-state index is 0.421. The second kappa shape index (κ2) is 4.09. The molecule has 0 unspecified atom stereocenters. The second-order valence-electron chi connectivity index (χ2n) is 3.08. The van der Waals surface area contributed by atoms with Crippen LogP contribution in [0.5, 0.6) is 0 Å². The van der Waals surface area contributed by atoms with Crippen molar-refractivity contribution in [2.75, 3.05) is 5.73 Å². The first-order valence-electron chi connectivity index (χ1n) is 4.34. The molecule has 1 heterocycles. The molecule has 0 aliphatic heterocycles. The van der Waals surface area contributed by atoms with Crippen LogP contribution in [0.1, 0.15) is 0 Å². The maximum Gasteiger partial charge on any atom is 0.136 e. The van der Waals surface area contributed by atoms with Gasteiger partial charge in [0.15, 0.2) is 0 Å². The predicted molar refractivity (Wildman–Crippen MR) is 64.1 cm³/mol. The molecule has 0 bridgehead atoms. The summed E-state index contributed by atoms with van der Waals surface area (Å²) in [6, 6.07) is 8.94. The highest BCUT2D eigenvalue weighted by Crippen LogP contribution is 2.33. The van der Waals surface area contributed by atoms with Crippen molar-refractivity contribution in [3.63, 3.8) is 0 Å². The number of pyridine rings is 1. The Labute approximate surface area is 97.7 Å². The molecule has 0 spiro atoms. The van der Waals surface area contributed by atoms with Crippen LogP contribution in [0, 0.1) is 0 Å². The smallest absolute Gasteiger partial charge is 0.136 e. The summed E-state index contributed by atoms with van der Waals surface area (Å²) in [6.07, 6.45) is 1.63. The molecule has 0 atom stereocenters. The van der Waals surface area contributed by atoms with Gasteiger partial charge in [0.25, 0.3) is 0 Å². The van der Waals surface area contributed by atoms with E-state index in [1.807, 2.05) is 6.07 Å². The molecule has 2 N–H and O–H groups in total. The lowest BCUT2D eigenvalue weighted by molar-refractivity contribution is 1.33. The zero-order chi connectivity index (χ0) is 10.8. The van der Waals surface area contributed by atoms with Gasteiger partial charge in [-0.2, -0.15) is 0 Å². The summed E-state index contributed by atoms with van der Waals surface area (Å²) in [4.78, 5) is 3.99. The van der Waals surface area contributed by atoms with E-state index in [4.69, 9.17) is 28.9 Å². The molecule has 76 valence electrons. The summed E-state index contributed by atoms with van der Waals surface area (Å²) in [5.74, 6) is 0. The molecule has 0 saturated heterocycles. The molecule has 0 radical (unpaired) electrons. The van der Waals surface area contributed by atoms with E-state index in [2.05, 4.69) is 4.98 Å². The Morgan fingerprint density at radius 3 is 2.60 bits per heavy atom. The van der Waals surface area contributed by atoms with Crippen LogP contribution in [0.15, 0.2) is 36.5 Å². The minimum absolute atomic E-state index is 0.421. The fourth-order valence-corrected chi connectivity index (χ4v) is 1.78. The monoisotopic (exact) mass is 238 g/mol. The Hall–Kier alpha value is -1.25. The van der Waals surface area contributed by atoms with Crippen molar-refractivity contribution in [1.29, 1.82) is 0 Å². The first-order valence-corrected chi connectivity index (χ1v) is 5.10. The summed E-state index contributed by atoms with van der Waals surface area (Å²) in [7, 11) is 0. The highest BCUT2D eigenvalue weighted by molar-refractivity contribution is 6.36. The van der Waals surface area contributed by atoms with Gasteiger partial charge in [-0.3, -0.25) is 0 Å². The Morgan fingerprint density at radius 2 is 1.87 bits per heavy atom. The van der Waals surface area contributed by atoms with E-state index in [1.54, 1.807) is 30.5 Å². The van der Waals surface area contributed by atoms with Crippen LogP contribution in [0.4, 0.5) is 5.69 Å². The number of hydrogen-bond donors (Lipinski definition) is 1. The van der Waals surface area contributed by atoms with Gasteiger partial charge < -0.3 is 5.73 Å². The number of nitrogen functional groups attached to an aromatic ring is 1. The highest BCUT2D eigenvalue weighted by Gasteiger charge is 2.07. The molecular weight excluding hydrogens is 231 g/mol. The van der Waals surface area contributed by atoms with E-state index in [0.717, 1.165) is 11.1 Å². The van der Waals surface area contributed by atoms with E-state index in [-0.39, 0.29) is 0 Å². The van der Waals surface area contributed by atoms with E-state index in [9.17, 15) is 0 Å². The first kappa shape index (κ1) is 10.3. The average molecular weight is 239 g/mol. The van der Waals surface area contributed by atoms with Gasteiger partial charge in [0.1, 0.15) is 5.15 Å². The molecular formula is C11H8Cl2N2. The molecule has 2 nitrogen and oxygen atoms in total. The van der Waals surface area contributed by atoms with Crippen LogP contribution in [-0.2, 0) is 0 Å². The molecule has 1 aromatic carbocycles. The Bertz CT molecular complexity index is 498. The number of aromatic nitrogens is 1. The lowest BCUT2D eigenvalue weighted by atomic mass is 10.1. The van der Waals surface area contributed by atoms with Gasteiger partial charge in [-0.15, -0.1) is 0 Å². The number of anilines is 1. The van der Waals surface area contributed by atoms with Crippen molar-refractivity contribution in [2.45, 2.75) is 0 Å². The van der Waals surface area contributed by atoms with Gasteiger partial charge in [-0.25, -0.2) is 4.98 Å². The van der Waals surface area contributed by atoms with E-state index < -0.39 is 0 Å². The lowest BCUT2D eigenvalue weighted by Crippen LogP contribution is -1.88. The molecule has 15 heavy (non-hydrogen) atoms. The van der Waals surface area contributed by atoms with Crippen LogP contribution in [0.25, 0.3) is 11.1 Å². The van der Waals surface area contributed by atoms with E-state index >= 15 is 0 Å². The van der Waals surface area contributed by atoms with Crippen LogP contribution in [-0.4, -0.2) is 4.98 Å². The van der Waals surface area contributed by atoms with Gasteiger partial charge in [0.05, 0.1) is 0 Å². The lowest BCUT2D eigenvalue weighted by Gasteiger charge is -2.06. The van der Waals surface area contributed by atoms with Crippen LogP contribution >= 0.6 is 23.2 Å². The van der Waals surface area contributed by atoms with Crippen molar-refractivity contribution < 1.29 is 0 Å². The van der Waals surface area contributed by atoms with E-state index in [0.29, 0.717) is 15.9 Å². The van der Waals surface area contributed by atoms with Gasteiger partial charge in [-0.1, -0.05) is 23.2 Å². The zero-order valence-electron chi connectivity index (χ0n) is 7.74. The van der Waals surface area contributed by atoms with Crippen molar-refractivity contribution in [2.24, 2.45) is 0 Å². The molecule has 4 heteroatoms. The van der Waals surface area contributed by atoms with Crippen LogP contribution in [0.2, 0.25) is 10.2 Å². The van der Waals surface area contributed by atoms with Crippen molar-refractivity contribution in [1.82, 2.24) is 4.98 Å². The maximum absolute atomic E-state index is 6.06. The van der Waals surface area contributed by atoms with E-state index in [1.165, 1.54) is 0 Å². The average Bonchev–Trinajstić information content (AvgIpc) is 2.23. The summed E-state index contributed by atoms with van der Waals surface area (Å²) < 4.78 is 0. The van der Waals surface area contributed by atoms with Crippen molar-refractivity contribution in [3.05, 3.63) is 46.7 Å². The van der Waals surface area contributed by atoms with Crippen LogP contribution < -0.4 is 5.73 Å². The SMILES string of the molecule is Nc1ccc(Cl)c(-c2cccnc2Cl)c1. The second-order valence-corrected chi connectivity index (χ2v) is 3.85. The fraction of sp³-hybridized carbons (Fsp3) is 0. The Balaban J connectivity index is 2.64. The molecule has 0 aliphatic carbocycles. The molecule has 2 rings (SSSR count). The number of nitrogens with two attached hydrogens (primary N) is 1. The summed E-state index contributed by atoms with van der Waals surface area (Å²) in [6.45, 7) is 0. The molecule has 1 aromatic heterocycles. The number of hydrogen-bond acceptors (Lipinski definition) is 2. The molecule has 0 aliphatic rings. The topological polar surface area (TPSA) is 38.9 Å². The molecule has 0 fully saturated rings. The Morgan fingerprint density at radius 1 is 1.07 bits per heavy atom. The third-order valence-electron chi connectivity index (χ3n) is 2.04. The predicted octanol–water partition coefficient (Wildman–Crippen LogP) is 3.64. The minimum Gasteiger partial charge on any atom is -0.399 e. The van der Waals surface area contributed by atoms with Crippen molar-refractivity contribution >= 4 is 28.9 Å². The quantitative estimate of drug-likeness (QED) is 0.609. The summed E-state index contributed by atoms with van der Waals surface area (Å²) in [5.41, 5.74) is 7.93. The number of nitrogens with zero attached hydrogens (tertiary/aromatic N) is 1. The third-order valence-corrected chi connectivity index (χ3v) is 2.67. The number of rotatable bonds is 1. The molecule has 0 saturated carbocycles. The Kier molecular flexibility index (Phi) is 2.80.